The minimum absolute atomic E-state index is 0.203. The Morgan fingerprint density at radius 2 is 2.00 bits per heavy atom. The van der Waals surface area contributed by atoms with Crippen molar-refractivity contribution < 1.29 is 19.0 Å². The van der Waals surface area contributed by atoms with E-state index in [0.29, 0.717) is 25.0 Å². The number of aliphatic carboxylic acids is 1. The lowest BCUT2D eigenvalue weighted by Crippen LogP contribution is -2.33. The lowest BCUT2D eigenvalue weighted by Gasteiger charge is -2.36. The van der Waals surface area contributed by atoms with E-state index in [1.165, 1.54) is 11.6 Å². The number of halogens is 1. The van der Waals surface area contributed by atoms with Crippen molar-refractivity contribution in [1.29, 1.82) is 0 Å². The molecule has 2 aromatic heterocycles. The second kappa shape index (κ2) is 8.73. The number of ether oxygens (including phenoxy) is 1. The number of carboxylic acid groups (broad SMARTS) is 1. The second-order valence-electron chi connectivity index (χ2n) is 11.3. The van der Waals surface area contributed by atoms with Crippen LogP contribution in [0.3, 0.4) is 0 Å². The third kappa shape index (κ3) is 3.90. The van der Waals surface area contributed by atoms with Gasteiger partial charge in [0.25, 0.3) is 0 Å². The zero-order chi connectivity index (χ0) is 25.8. The van der Waals surface area contributed by atoms with Crippen LogP contribution >= 0.6 is 0 Å². The quantitative estimate of drug-likeness (QED) is 0.317. The molecule has 0 spiro atoms. The molecular weight excluding hydrogens is 457 g/mol. The predicted molar refractivity (Wildman–Crippen MR) is 139 cm³/mol. The lowest BCUT2D eigenvalue weighted by atomic mass is 9.68. The molecule has 0 saturated heterocycles. The van der Waals surface area contributed by atoms with Crippen molar-refractivity contribution in [1.82, 2.24) is 14.8 Å². The summed E-state index contributed by atoms with van der Waals surface area (Å²) in [7, 11) is 1.71. The number of hydrogen-bond acceptors (Lipinski definition) is 3. The molecule has 190 valence electrons. The fraction of sp³-hybridized carbons (Fsp3) is 0.448. The largest absolute Gasteiger partial charge is 0.481 e. The fourth-order valence-corrected chi connectivity index (χ4v) is 6.05. The number of hydrogen-bond donors (Lipinski definition) is 2. The Morgan fingerprint density at radius 3 is 2.64 bits per heavy atom. The Labute approximate surface area is 210 Å². The second-order valence-corrected chi connectivity index (χ2v) is 11.3. The Kier molecular flexibility index (Phi) is 5.94. The van der Waals surface area contributed by atoms with Crippen LogP contribution in [0.1, 0.15) is 69.2 Å². The molecule has 0 amide bonds. The van der Waals surface area contributed by atoms with Crippen molar-refractivity contribution in [3.05, 3.63) is 59.2 Å². The fourth-order valence-electron chi connectivity index (χ4n) is 6.05. The number of H-pyrrole nitrogens is 1. The Morgan fingerprint density at radius 1 is 1.28 bits per heavy atom. The molecule has 4 aromatic rings. The SMILES string of the molecule is COCC(C)(C)c1c([C@H]2CC[C@](C)(C(=O)O)CC2)c2cc3[nH]ncc3cc2n1-c1ccc(F)c(C)c1. The number of fused-ring (bicyclic) bond motifs is 2. The average Bonchev–Trinajstić information content (AvgIpc) is 3.42. The van der Waals surface area contributed by atoms with Crippen molar-refractivity contribution in [3.63, 3.8) is 0 Å². The molecule has 1 saturated carbocycles. The van der Waals surface area contributed by atoms with Crippen molar-refractivity contribution in [3.8, 4) is 5.69 Å². The van der Waals surface area contributed by atoms with Gasteiger partial charge in [-0.25, -0.2) is 4.39 Å². The Balaban J connectivity index is 1.82. The van der Waals surface area contributed by atoms with E-state index >= 15 is 0 Å². The van der Waals surface area contributed by atoms with Crippen LogP contribution in [-0.2, 0) is 14.9 Å². The average molecular weight is 492 g/mol. The number of nitrogens with one attached hydrogen (secondary N) is 1. The maximum absolute atomic E-state index is 14.3. The van der Waals surface area contributed by atoms with Crippen LogP contribution < -0.4 is 0 Å². The molecule has 1 fully saturated rings. The highest BCUT2D eigenvalue weighted by Crippen LogP contribution is 2.49. The van der Waals surface area contributed by atoms with Gasteiger partial charge in [0.2, 0.25) is 0 Å². The predicted octanol–water partition coefficient (Wildman–Crippen LogP) is 6.63. The summed E-state index contributed by atoms with van der Waals surface area (Å²) in [6.45, 7) is 8.51. The molecule has 0 radical (unpaired) electrons. The van der Waals surface area contributed by atoms with Crippen LogP contribution in [0.5, 0.6) is 0 Å². The van der Waals surface area contributed by atoms with Gasteiger partial charge in [-0.2, -0.15) is 5.10 Å². The lowest BCUT2D eigenvalue weighted by molar-refractivity contribution is -0.149. The molecule has 5 rings (SSSR count). The van der Waals surface area contributed by atoms with Gasteiger partial charge in [-0.1, -0.05) is 13.8 Å². The molecule has 36 heavy (non-hydrogen) atoms. The molecule has 1 aliphatic carbocycles. The minimum atomic E-state index is -0.718. The maximum Gasteiger partial charge on any atom is 0.309 e. The monoisotopic (exact) mass is 491 g/mol. The summed E-state index contributed by atoms with van der Waals surface area (Å²) >= 11 is 0. The molecule has 1 aliphatic rings. The van der Waals surface area contributed by atoms with E-state index in [0.717, 1.165) is 46.0 Å². The normalized spacial score (nSPS) is 20.9. The first-order valence-corrected chi connectivity index (χ1v) is 12.6. The highest BCUT2D eigenvalue weighted by molar-refractivity contribution is 5.99. The number of benzene rings is 2. The molecule has 6 nitrogen and oxygen atoms in total. The third-order valence-electron chi connectivity index (χ3n) is 8.13. The highest BCUT2D eigenvalue weighted by atomic mass is 19.1. The molecule has 7 heteroatoms. The number of aromatic amines is 1. The van der Waals surface area contributed by atoms with Crippen molar-refractivity contribution >= 4 is 27.8 Å². The molecule has 0 bridgehead atoms. The van der Waals surface area contributed by atoms with Crippen molar-refractivity contribution in [2.75, 3.05) is 13.7 Å². The first-order valence-electron chi connectivity index (χ1n) is 12.6. The van der Waals surface area contributed by atoms with Crippen molar-refractivity contribution in [2.45, 2.75) is 64.7 Å². The van der Waals surface area contributed by atoms with Crippen LogP contribution in [0, 0.1) is 18.2 Å². The number of aromatic nitrogens is 3. The minimum Gasteiger partial charge on any atom is -0.481 e. The van der Waals surface area contributed by atoms with Crippen LogP contribution in [0.25, 0.3) is 27.5 Å². The summed E-state index contributed by atoms with van der Waals surface area (Å²) < 4.78 is 22.2. The van der Waals surface area contributed by atoms with Crippen LogP contribution in [0.15, 0.2) is 36.5 Å². The van der Waals surface area contributed by atoms with Gasteiger partial charge in [0, 0.05) is 34.7 Å². The van der Waals surface area contributed by atoms with Gasteiger partial charge in [-0.3, -0.25) is 9.89 Å². The van der Waals surface area contributed by atoms with E-state index in [-0.39, 0.29) is 17.2 Å². The molecule has 0 atom stereocenters. The van der Waals surface area contributed by atoms with Gasteiger partial charge >= 0.3 is 5.97 Å². The van der Waals surface area contributed by atoms with Gasteiger partial charge in [-0.15, -0.1) is 0 Å². The van der Waals surface area contributed by atoms with Crippen molar-refractivity contribution in [2.24, 2.45) is 5.41 Å². The maximum atomic E-state index is 14.3. The number of rotatable bonds is 6. The molecule has 2 N–H and O–H groups in total. The zero-order valence-corrected chi connectivity index (χ0v) is 21.6. The zero-order valence-electron chi connectivity index (χ0n) is 21.6. The standard InChI is InChI=1S/C29H34FN3O3/c1-17-12-20(6-7-22(17)30)33-24-13-19-15-31-32-23(19)14-21(24)25(26(33)28(2,3)16-36-5)18-8-10-29(4,11-9-18)27(34)35/h6-7,12-15,18H,8-11,16H2,1-5H3,(H,31,32)(H,34,35)/t18-,29-. The van der Waals surface area contributed by atoms with E-state index in [4.69, 9.17) is 4.74 Å². The van der Waals surface area contributed by atoms with Crippen LogP contribution in [0.2, 0.25) is 0 Å². The van der Waals surface area contributed by atoms with Crippen LogP contribution in [0.4, 0.5) is 4.39 Å². The topological polar surface area (TPSA) is 80.1 Å². The number of nitrogens with zero attached hydrogens (tertiary/aromatic N) is 2. The number of methoxy groups -OCH3 is 1. The molecule has 2 heterocycles. The van der Waals surface area contributed by atoms with E-state index in [1.807, 2.05) is 25.3 Å². The molecular formula is C29H34FN3O3. The highest BCUT2D eigenvalue weighted by Gasteiger charge is 2.41. The van der Waals surface area contributed by atoms with Gasteiger partial charge < -0.3 is 14.4 Å². The summed E-state index contributed by atoms with van der Waals surface area (Å²) in [5, 5.41) is 19.3. The van der Waals surface area contributed by atoms with Gasteiger partial charge in [0.05, 0.1) is 29.3 Å². The third-order valence-corrected chi connectivity index (χ3v) is 8.13. The smallest absolute Gasteiger partial charge is 0.309 e. The molecule has 2 aromatic carbocycles. The summed E-state index contributed by atoms with van der Waals surface area (Å²) in [4.78, 5) is 11.9. The molecule has 0 unspecified atom stereocenters. The van der Waals surface area contributed by atoms with Crippen LogP contribution in [-0.4, -0.2) is 39.6 Å². The van der Waals surface area contributed by atoms with Gasteiger partial charge in [0.1, 0.15) is 5.82 Å². The Bertz CT molecular complexity index is 1460. The first kappa shape index (κ1) is 24.5. The Hall–Kier alpha value is -3.19. The van der Waals surface area contributed by atoms with E-state index in [1.54, 1.807) is 14.0 Å². The summed E-state index contributed by atoms with van der Waals surface area (Å²) in [5.41, 5.74) is 4.80. The molecule has 0 aliphatic heterocycles. The number of carboxylic acids is 1. The van der Waals surface area contributed by atoms with Gasteiger partial charge in [-0.05, 0) is 86.9 Å². The van der Waals surface area contributed by atoms with E-state index in [2.05, 4.69) is 40.7 Å². The number of aryl methyl sites for hydroxylation is 1. The summed E-state index contributed by atoms with van der Waals surface area (Å²) in [6, 6.07) is 9.56. The number of carbonyl (C=O) groups is 1. The summed E-state index contributed by atoms with van der Waals surface area (Å²) in [5.74, 6) is -0.746. The van der Waals surface area contributed by atoms with E-state index in [9.17, 15) is 14.3 Å². The van der Waals surface area contributed by atoms with Gasteiger partial charge in [0.15, 0.2) is 0 Å². The van der Waals surface area contributed by atoms with E-state index < -0.39 is 11.4 Å². The first-order chi connectivity index (χ1) is 17.1. The summed E-state index contributed by atoms with van der Waals surface area (Å²) in [6.07, 6.45) is 4.67.